The molecule has 0 aliphatic rings. The van der Waals surface area contributed by atoms with Crippen molar-refractivity contribution in [3.05, 3.63) is 95.8 Å². The molecule has 1 N–H and O–H groups in total. The van der Waals surface area contributed by atoms with Gasteiger partial charge in [0.2, 0.25) is 5.91 Å². The van der Waals surface area contributed by atoms with E-state index < -0.39 is 0 Å². The van der Waals surface area contributed by atoms with Crippen molar-refractivity contribution in [3.8, 4) is 11.3 Å². The minimum Gasteiger partial charge on any atom is -0.322 e. The third kappa shape index (κ3) is 3.91. The van der Waals surface area contributed by atoms with Gasteiger partial charge >= 0.3 is 0 Å². The predicted octanol–water partition coefficient (Wildman–Crippen LogP) is 5.31. The lowest BCUT2D eigenvalue weighted by Crippen LogP contribution is -2.07. The van der Waals surface area contributed by atoms with Gasteiger partial charge in [0.1, 0.15) is 5.65 Å². The first-order valence-corrected chi connectivity index (χ1v) is 8.85. The number of aromatic nitrogens is 2. The Morgan fingerprint density at radius 1 is 1.04 bits per heavy atom. The third-order valence-corrected chi connectivity index (χ3v) is 4.45. The Hall–Kier alpha value is -3.37. The largest absolute Gasteiger partial charge is 0.322 e. The number of amides is 1. The Bertz CT molecular complexity index is 1110. The molecular weight excluding hydrogens is 358 g/mol. The average Bonchev–Trinajstić information content (AvgIpc) is 3.12. The molecule has 27 heavy (non-hydrogen) atoms. The molecular formula is C22H16ClN3O. The number of hydrogen-bond acceptors (Lipinski definition) is 2. The maximum atomic E-state index is 12.2. The molecule has 2 heterocycles. The molecule has 0 radical (unpaired) electrons. The van der Waals surface area contributed by atoms with Crippen LogP contribution < -0.4 is 5.32 Å². The van der Waals surface area contributed by atoms with E-state index in [4.69, 9.17) is 11.6 Å². The molecule has 2 aromatic heterocycles. The number of nitrogens with zero attached hydrogens (tertiary/aromatic N) is 2. The molecule has 1 amide bonds. The standard InChI is InChI=1S/C22H16ClN3O/c23-19-9-2-1-6-16(19)11-12-22(27)24-18-8-5-7-17(14-18)20-15-26-13-4-3-10-21(26)25-20/h1-15H,(H,24,27)/b12-11+. The van der Waals surface area contributed by atoms with E-state index in [1.165, 1.54) is 6.08 Å². The maximum Gasteiger partial charge on any atom is 0.248 e. The van der Waals surface area contributed by atoms with E-state index in [-0.39, 0.29) is 5.91 Å². The van der Waals surface area contributed by atoms with E-state index >= 15 is 0 Å². The van der Waals surface area contributed by atoms with Crippen LogP contribution in [-0.2, 0) is 4.79 Å². The number of imidazole rings is 1. The lowest BCUT2D eigenvalue weighted by Gasteiger charge is -2.04. The molecule has 2 aromatic carbocycles. The van der Waals surface area contributed by atoms with Crippen LogP contribution in [-0.4, -0.2) is 15.3 Å². The summed E-state index contributed by atoms with van der Waals surface area (Å²) in [6.45, 7) is 0. The minimum atomic E-state index is -0.220. The Labute approximate surface area is 161 Å². The second-order valence-corrected chi connectivity index (χ2v) is 6.42. The molecule has 0 unspecified atom stereocenters. The second kappa shape index (κ2) is 7.48. The Balaban J connectivity index is 1.52. The van der Waals surface area contributed by atoms with Crippen LogP contribution in [0.25, 0.3) is 23.0 Å². The van der Waals surface area contributed by atoms with Crippen molar-refractivity contribution in [3.63, 3.8) is 0 Å². The zero-order valence-electron chi connectivity index (χ0n) is 14.3. The highest BCUT2D eigenvalue weighted by molar-refractivity contribution is 6.32. The molecule has 0 saturated carbocycles. The summed E-state index contributed by atoms with van der Waals surface area (Å²) in [5.41, 5.74) is 4.17. The van der Waals surface area contributed by atoms with Crippen LogP contribution in [0, 0.1) is 0 Å². The van der Waals surface area contributed by atoms with E-state index in [1.807, 2.05) is 77.5 Å². The van der Waals surface area contributed by atoms with Crippen molar-refractivity contribution in [2.75, 3.05) is 5.32 Å². The van der Waals surface area contributed by atoms with Crippen LogP contribution in [0.3, 0.4) is 0 Å². The summed E-state index contributed by atoms with van der Waals surface area (Å²) in [6.07, 6.45) is 7.09. The molecule has 4 rings (SSSR count). The van der Waals surface area contributed by atoms with E-state index in [0.29, 0.717) is 10.7 Å². The van der Waals surface area contributed by atoms with Gasteiger partial charge in [-0.05, 0) is 42.0 Å². The highest BCUT2D eigenvalue weighted by atomic mass is 35.5. The van der Waals surface area contributed by atoms with Gasteiger partial charge in [0.25, 0.3) is 0 Å². The van der Waals surface area contributed by atoms with Gasteiger partial charge in [-0.2, -0.15) is 0 Å². The van der Waals surface area contributed by atoms with E-state index in [9.17, 15) is 4.79 Å². The zero-order valence-corrected chi connectivity index (χ0v) is 15.1. The molecule has 0 aliphatic carbocycles. The van der Waals surface area contributed by atoms with Gasteiger partial charge < -0.3 is 9.72 Å². The van der Waals surface area contributed by atoms with Crippen molar-refractivity contribution in [2.45, 2.75) is 0 Å². The molecule has 0 atom stereocenters. The summed E-state index contributed by atoms with van der Waals surface area (Å²) in [5.74, 6) is -0.220. The van der Waals surface area contributed by atoms with E-state index in [0.717, 1.165) is 22.5 Å². The smallest absolute Gasteiger partial charge is 0.248 e. The number of benzene rings is 2. The fraction of sp³-hybridized carbons (Fsp3) is 0. The summed E-state index contributed by atoms with van der Waals surface area (Å²) in [5, 5.41) is 3.48. The van der Waals surface area contributed by atoms with Crippen LogP contribution in [0.5, 0.6) is 0 Å². The van der Waals surface area contributed by atoms with Crippen molar-refractivity contribution < 1.29 is 4.79 Å². The Morgan fingerprint density at radius 2 is 1.89 bits per heavy atom. The number of carbonyl (C=O) groups excluding carboxylic acids is 1. The molecule has 132 valence electrons. The molecule has 0 saturated heterocycles. The Morgan fingerprint density at radius 3 is 2.74 bits per heavy atom. The van der Waals surface area contributed by atoms with Crippen LogP contribution in [0.2, 0.25) is 5.02 Å². The van der Waals surface area contributed by atoms with Crippen molar-refractivity contribution in [1.29, 1.82) is 0 Å². The summed E-state index contributed by atoms with van der Waals surface area (Å²) in [7, 11) is 0. The molecule has 0 bridgehead atoms. The first-order valence-electron chi connectivity index (χ1n) is 8.47. The van der Waals surface area contributed by atoms with Crippen molar-refractivity contribution >= 4 is 34.9 Å². The first-order chi connectivity index (χ1) is 13.2. The highest BCUT2D eigenvalue weighted by Gasteiger charge is 2.06. The summed E-state index contributed by atoms with van der Waals surface area (Å²) >= 11 is 6.10. The second-order valence-electron chi connectivity index (χ2n) is 6.02. The molecule has 0 spiro atoms. The third-order valence-electron chi connectivity index (χ3n) is 4.11. The van der Waals surface area contributed by atoms with Crippen molar-refractivity contribution in [2.24, 2.45) is 0 Å². The number of nitrogens with one attached hydrogen (secondary N) is 1. The average molecular weight is 374 g/mol. The molecule has 0 fully saturated rings. The summed E-state index contributed by atoms with van der Waals surface area (Å²) < 4.78 is 1.97. The van der Waals surface area contributed by atoms with Gasteiger partial charge in [-0.25, -0.2) is 4.98 Å². The molecule has 5 heteroatoms. The highest BCUT2D eigenvalue weighted by Crippen LogP contribution is 2.22. The zero-order chi connectivity index (χ0) is 18.6. The summed E-state index contributed by atoms with van der Waals surface area (Å²) in [4.78, 5) is 16.8. The molecule has 0 aliphatic heterocycles. The fourth-order valence-corrected chi connectivity index (χ4v) is 2.99. The van der Waals surface area contributed by atoms with Crippen LogP contribution in [0.1, 0.15) is 5.56 Å². The van der Waals surface area contributed by atoms with Gasteiger partial charge in [0, 0.05) is 34.7 Å². The number of pyridine rings is 1. The molecule has 4 aromatic rings. The Kier molecular flexibility index (Phi) is 4.73. The van der Waals surface area contributed by atoms with Crippen LogP contribution >= 0.6 is 11.6 Å². The number of hydrogen-bond donors (Lipinski definition) is 1. The number of anilines is 1. The fourth-order valence-electron chi connectivity index (χ4n) is 2.79. The van der Waals surface area contributed by atoms with E-state index in [1.54, 1.807) is 12.1 Å². The number of fused-ring (bicyclic) bond motifs is 1. The monoisotopic (exact) mass is 373 g/mol. The number of halogens is 1. The normalized spacial score (nSPS) is 11.1. The van der Waals surface area contributed by atoms with Gasteiger partial charge in [-0.15, -0.1) is 0 Å². The van der Waals surface area contributed by atoms with Crippen molar-refractivity contribution in [1.82, 2.24) is 9.38 Å². The van der Waals surface area contributed by atoms with E-state index in [2.05, 4.69) is 10.3 Å². The quantitative estimate of drug-likeness (QED) is 0.493. The van der Waals surface area contributed by atoms with Gasteiger partial charge in [0.05, 0.1) is 5.69 Å². The van der Waals surface area contributed by atoms with Gasteiger partial charge in [-0.3, -0.25) is 4.79 Å². The predicted molar refractivity (Wildman–Crippen MR) is 110 cm³/mol. The lowest BCUT2D eigenvalue weighted by molar-refractivity contribution is -0.111. The summed E-state index contributed by atoms with van der Waals surface area (Å²) in [6, 6.07) is 20.9. The van der Waals surface area contributed by atoms with Crippen LogP contribution in [0.15, 0.2) is 85.2 Å². The number of rotatable bonds is 4. The number of carbonyl (C=O) groups is 1. The van der Waals surface area contributed by atoms with Gasteiger partial charge in [0.15, 0.2) is 0 Å². The topological polar surface area (TPSA) is 46.4 Å². The minimum absolute atomic E-state index is 0.220. The maximum absolute atomic E-state index is 12.2. The SMILES string of the molecule is O=C(/C=C/c1ccccc1Cl)Nc1cccc(-c2cn3ccccc3n2)c1. The van der Waals surface area contributed by atoms with Crippen LogP contribution in [0.4, 0.5) is 5.69 Å². The van der Waals surface area contributed by atoms with Gasteiger partial charge in [-0.1, -0.05) is 48.0 Å². The molecule has 4 nitrogen and oxygen atoms in total. The first kappa shape index (κ1) is 17.1. The lowest BCUT2D eigenvalue weighted by atomic mass is 10.1.